The molecule has 0 aromatic carbocycles. The largest absolute Gasteiger partial charge is 0.316 e. The number of nitrogens with one attached hydrogen (secondary N) is 1. The van der Waals surface area contributed by atoms with Crippen molar-refractivity contribution in [2.45, 2.75) is 39.3 Å². The third-order valence-corrected chi connectivity index (χ3v) is 2.49. The highest BCUT2D eigenvalue weighted by atomic mass is 16.1. The first-order chi connectivity index (χ1) is 6.51. The van der Waals surface area contributed by atoms with Crippen molar-refractivity contribution in [1.29, 1.82) is 0 Å². The van der Waals surface area contributed by atoms with Crippen molar-refractivity contribution in [1.82, 2.24) is 10.2 Å². The van der Waals surface area contributed by atoms with Gasteiger partial charge in [-0.3, -0.25) is 4.90 Å². The summed E-state index contributed by atoms with van der Waals surface area (Å²) in [6, 6.07) is 0.486. The predicted molar refractivity (Wildman–Crippen MR) is 60.5 cm³/mol. The van der Waals surface area contributed by atoms with Crippen molar-refractivity contribution in [3.05, 3.63) is 0 Å². The summed E-state index contributed by atoms with van der Waals surface area (Å²) < 4.78 is 0. The van der Waals surface area contributed by atoms with Gasteiger partial charge >= 0.3 is 0 Å². The quantitative estimate of drug-likeness (QED) is 0.626. The number of hydrogen-bond acceptors (Lipinski definition) is 3. The van der Waals surface area contributed by atoms with Gasteiger partial charge in [0.2, 0.25) is 0 Å². The number of carbonyl (C=O) groups excluding carboxylic acids is 1. The minimum atomic E-state index is 0.0609. The van der Waals surface area contributed by atoms with Crippen LogP contribution >= 0.6 is 0 Å². The number of rotatable bonds is 7. The van der Waals surface area contributed by atoms with E-state index < -0.39 is 0 Å². The first-order valence-corrected chi connectivity index (χ1v) is 5.34. The van der Waals surface area contributed by atoms with E-state index in [0.29, 0.717) is 12.0 Å². The molecule has 0 spiro atoms. The van der Waals surface area contributed by atoms with Crippen molar-refractivity contribution in [2.24, 2.45) is 5.92 Å². The van der Waals surface area contributed by atoms with Gasteiger partial charge in [-0.05, 0) is 33.4 Å². The molecule has 0 bridgehead atoms. The lowest BCUT2D eigenvalue weighted by Gasteiger charge is -2.27. The summed E-state index contributed by atoms with van der Waals surface area (Å²) >= 11 is 0. The van der Waals surface area contributed by atoms with Gasteiger partial charge in [-0.2, -0.15) is 0 Å². The van der Waals surface area contributed by atoms with Gasteiger partial charge in [-0.15, -0.1) is 0 Å². The van der Waals surface area contributed by atoms with E-state index in [9.17, 15) is 4.79 Å². The smallest absolute Gasteiger partial charge is 0.137 e. The van der Waals surface area contributed by atoms with Crippen LogP contribution in [0.3, 0.4) is 0 Å². The van der Waals surface area contributed by atoms with Gasteiger partial charge < -0.3 is 10.1 Å². The van der Waals surface area contributed by atoms with Gasteiger partial charge in [-0.25, -0.2) is 0 Å². The molecule has 14 heavy (non-hydrogen) atoms. The van der Waals surface area contributed by atoms with Crippen molar-refractivity contribution >= 4 is 6.29 Å². The molecule has 0 aliphatic rings. The Morgan fingerprint density at radius 1 is 1.36 bits per heavy atom. The highest BCUT2D eigenvalue weighted by molar-refractivity contribution is 5.57. The van der Waals surface area contributed by atoms with Gasteiger partial charge in [0.1, 0.15) is 6.29 Å². The summed E-state index contributed by atoms with van der Waals surface area (Å²) in [5, 5.41) is 3.17. The maximum absolute atomic E-state index is 10.9. The average Bonchev–Trinajstić information content (AvgIpc) is 2.13. The molecular weight excluding hydrogens is 176 g/mol. The lowest BCUT2D eigenvalue weighted by molar-refractivity contribution is -0.112. The van der Waals surface area contributed by atoms with Crippen LogP contribution in [0.15, 0.2) is 0 Å². The van der Waals surface area contributed by atoms with E-state index in [1.165, 1.54) is 0 Å². The highest BCUT2D eigenvalue weighted by Crippen LogP contribution is 2.08. The minimum absolute atomic E-state index is 0.0609. The van der Waals surface area contributed by atoms with Gasteiger partial charge in [0.15, 0.2) is 0 Å². The molecule has 0 heterocycles. The first kappa shape index (κ1) is 13.6. The molecule has 3 nitrogen and oxygen atoms in total. The molecule has 0 saturated carbocycles. The van der Waals surface area contributed by atoms with E-state index in [0.717, 1.165) is 19.3 Å². The summed E-state index contributed by atoms with van der Waals surface area (Å²) in [6.07, 6.45) is 2.00. The Bertz CT molecular complexity index is 159. The zero-order chi connectivity index (χ0) is 11.1. The fourth-order valence-electron chi connectivity index (χ4n) is 1.48. The molecule has 0 rings (SSSR count). The van der Waals surface area contributed by atoms with Crippen molar-refractivity contribution in [3.8, 4) is 0 Å². The van der Waals surface area contributed by atoms with Crippen molar-refractivity contribution < 1.29 is 4.79 Å². The van der Waals surface area contributed by atoms with Crippen LogP contribution < -0.4 is 5.32 Å². The Morgan fingerprint density at radius 2 is 1.93 bits per heavy atom. The number of aldehydes is 1. The second-order valence-corrected chi connectivity index (χ2v) is 4.46. The lowest BCUT2D eigenvalue weighted by Crippen LogP contribution is -2.42. The fraction of sp³-hybridized carbons (Fsp3) is 0.909. The molecule has 3 heteroatoms. The Hall–Kier alpha value is -0.410. The monoisotopic (exact) mass is 200 g/mol. The summed E-state index contributed by atoms with van der Waals surface area (Å²) in [5.41, 5.74) is 0. The second-order valence-electron chi connectivity index (χ2n) is 4.46. The molecule has 0 radical (unpaired) electrons. The number of carbonyl (C=O) groups is 1. The van der Waals surface area contributed by atoms with Crippen molar-refractivity contribution in [2.75, 3.05) is 20.6 Å². The molecular formula is C11H24N2O. The van der Waals surface area contributed by atoms with Crippen LogP contribution in [0.4, 0.5) is 0 Å². The molecule has 2 atom stereocenters. The first-order valence-electron chi connectivity index (χ1n) is 5.34. The summed E-state index contributed by atoms with van der Waals surface area (Å²) in [4.78, 5) is 13.0. The topological polar surface area (TPSA) is 32.3 Å². The van der Waals surface area contributed by atoms with Crippen LogP contribution in [0, 0.1) is 5.92 Å². The molecule has 0 aromatic heterocycles. The van der Waals surface area contributed by atoms with E-state index in [4.69, 9.17) is 0 Å². The summed E-state index contributed by atoms with van der Waals surface area (Å²) in [7, 11) is 3.95. The van der Waals surface area contributed by atoms with E-state index in [1.54, 1.807) is 0 Å². The molecule has 0 saturated heterocycles. The fourth-order valence-corrected chi connectivity index (χ4v) is 1.48. The molecule has 84 valence electrons. The molecule has 2 unspecified atom stereocenters. The standard InChI is InChI=1S/C11H24N2O/c1-9(2)6-11(8-14)13(5)7-10(3)12-4/h8-12H,6-7H2,1-5H3. The average molecular weight is 200 g/mol. The summed E-state index contributed by atoms with van der Waals surface area (Å²) in [6.45, 7) is 7.32. The van der Waals surface area contributed by atoms with Gasteiger partial charge in [0.05, 0.1) is 6.04 Å². The highest BCUT2D eigenvalue weighted by Gasteiger charge is 2.16. The molecule has 0 aromatic rings. The number of hydrogen-bond donors (Lipinski definition) is 1. The maximum atomic E-state index is 10.9. The van der Waals surface area contributed by atoms with Gasteiger partial charge in [0.25, 0.3) is 0 Å². The third kappa shape index (κ3) is 5.35. The Kier molecular flexibility index (Phi) is 6.75. The molecule has 0 amide bonds. The zero-order valence-corrected chi connectivity index (χ0v) is 10.1. The van der Waals surface area contributed by atoms with E-state index in [1.807, 2.05) is 14.1 Å². The van der Waals surface area contributed by atoms with Crippen LogP contribution in [0.25, 0.3) is 0 Å². The van der Waals surface area contributed by atoms with Crippen LogP contribution in [0.5, 0.6) is 0 Å². The Balaban J connectivity index is 4.03. The molecule has 0 aliphatic carbocycles. The number of nitrogens with zero attached hydrogens (tertiary/aromatic N) is 1. The van der Waals surface area contributed by atoms with Crippen LogP contribution in [0.1, 0.15) is 27.2 Å². The third-order valence-electron chi connectivity index (χ3n) is 2.49. The van der Waals surface area contributed by atoms with Crippen LogP contribution in [-0.4, -0.2) is 43.9 Å². The minimum Gasteiger partial charge on any atom is -0.316 e. The van der Waals surface area contributed by atoms with E-state index >= 15 is 0 Å². The van der Waals surface area contributed by atoms with Crippen LogP contribution in [-0.2, 0) is 4.79 Å². The Morgan fingerprint density at radius 3 is 2.29 bits per heavy atom. The molecule has 0 aliphatic heterocycles. The molecule has 1 N–H and O–H groups in total. The normalized spacial score (nSPS) is 15.9. The van der Waals surface area contributed by atoms with Crippen molar-refractivity contribution in [3.63, 3.8) is 0 Å². The summed E-state index contributed by atoms with van der Waals surface area (Å²) in [5.74, 6) is 0.567. The van der Waals surface area contributed by atoms with Gasteiger partial charge in [0, 0.05) is 12.6 Å². The van der Waals surface area contributed by atoms with Gasteiger partial charge in [-0.1, -0.05) is 13.8 Å². The molecule has 0 fully saturated rings. The lowest BCUT2D eigenvalue weighted by atomic mass is 10.0. The predicted octanol–water partition coefficient (Wildman–Crippen LogP) is 1.14. The SMILES string of the molecule is CNC(C)CN(C)C(C=O)CC(C)C. The Labute approximate surface area is 87.9 Å². The number of likely N-dealkylation sites (N-methyl/N-ethyl adjacent to an activating group) is 2. The van der Waals surface area contributed by atoms with E-state index in [-0.39, 0.29) is 6.04 Å². The zero-order valence-electron chi connectivity index (χ0n) is 10.1. The van der Waals surface area contributed by atoms with Crippen LogP contribution in [0.2, 0.25) is 0 Å². The second kappa shape index (κ2) is 6.96. The maximum Gasteiger partial charge on any atom is 0.137 e. The van der Waals surface area contributed by atoms with E-state index in [2.05, 4.69) is 31.0 Å².